The van der Waals surface area contributed by atoms with Gasteiger partial charge in [-0.2, -0.15) is 4.31 Å². The zero-order valence-corrected chi connectivity index (χ0v) is 12.3. The number of aryl methyl sites for hydroxylation is 1. The molecular weight excluding hydrogens is 274 g/mol. The maximum absolute atomic E-state index is 12.6. The van der Waals surface area contributed by atoms with Crippen molar-refractivity contribution in [3.8, 4) is 0 Å². The Morgan fingerprint density at radius 1 is 1.25 bits per heavy atom. The molecule has 6 heteroatoms. The largest absolute Gasteiger partial charge is 0.399 e. The molecule has 20 heavy (non-hydrogen) atoms. The molecule has 0 saturated carbocycles. The highest BCUT2D eigenvalue weighted by Gasteiger charge is 2.23. The highest BCUT2D eigenvalue weighted by Crippen LogP contribution is 2.22. The van der Waals surface area contributed by atoms with Crippen LogP contribution in [0.25, 0.3) is 0 Å². The fraction of sp³-hybridized carbons (Fsp3) is 0.214. The molecule has 1 aromatic carbocycles. The fourth-order valence-electron chi connectivity index (χ4n) is 1.87. The van der Waals surface area contributed by atoms with Gasteiger partial charge in [0.05, 0.1) is 17.1 Å². The topological polar surface area (TPSA) is 76.3 Å². The van der Waals surface area contributed by atoms with Crippen LogP contribution in [0.15, 0.2) is 47.5 Å². The lowest BCUT2D eigenvalue weighted by Crippen LogP contribution is -2.27. The molecule has 2 aromatic rings. The molecule has 2 rings (SSSR count). The van der Waals surface area contributed by atoms with Gasteiger partial charge in [-0.15, -0.1) is 0 Å². The molecule has 0 amide bonds. The van der Waals surface area contributed by atoms with E-state index in [0.717, 1.165) is 0 Å². The van der Waals surface area contributed by atoms with Crippen LogP contribution in [-0.2, 0) is 16.6 Å². The lowest BCUT2D eigenvalue weighted by Gasteiger charge is -2.18. The minimum atomic E-state index is -3.58. The van der Waals surface area contributed by atoms with Crippen LogP contribution in [-0.4, -0.2) is 24.8 Å². The van der Waals surface area contributed by atoms with E-state index >= 15 is 0 Å². The van der Waals surface area contributed by atoms with Crippen molar-refractivity contribution in [3.63, 3.8) is 0 Å². The van der Waals surface area contributed by atoms with Crippen LogP contribution in [0.4, 0.5) is 5.69 Å². The molecule has 0 bridgehead atoms. The van der Waals surface area contributed by atoms with Crippen molar-refractivity contribution in [3.05, 3.63) is 53.9 Å². The summed E-state index contributed by atoms with van der Waals surface area (Å²) < 4.78 is 26.4. The van der Waals surface area contributed by atoms with E-state index in [1.165, 1.54) is 17.4 Å². The summed E-state index contributed by atoms with van der Waals surface area (Å²) in [7, 11) is -2.04. The van der Waals surface area contributed by atoms with E-state index in [-0.39, 0.29) is 11.4 Å². The third kappa shape index (κ3) is 2.97. The van der Waals surface area contributed by atoms with E-state index in [9.17, 15) is 8.42 Å². The summed E-state index contributed by atoms with van der Waals surface area (Å²) in [6, 6.07) is 10.3. The third-order valence-electron chi connectivity index (χ3n) is 3.01. The first-order chi connectivity index (χ1) is 9.41. The zero-order chi connectivity index (χ0) is 14.8. The molecule has 106 valence electrons. The summed E-state index contributed by atoms with van der Waals surface area (Å²) in [6.45, 7) is 1.97. The Kier molecular flexibility index (Phi) is 4.06. The van der Waals surface area contributed by atoms with Gasteiger partial charge in [-0.25, -0.2) is 8.42 Å². The van der Waals surface area contributed by atoms with Crippen LogP contribution >= 0.6 is 0 Å². The second kappa shape index (κ2) is 5.60. The molecule has 0 saturated heterocycles. The second-order valence-electron chi connectivity index (χ2n) is 4.61. The minimum Gasteiger partial charge on any atom is -0.399 e. The molecule has 1 heterocycles. The van der Waals surface area contributed by atoms with Crippen molar-refractivity contribution in [2.75, 3.05) is 12.8 Å². The number of rotatable bonds is 4. The molecule has 2 N–H and O–H groups in total. The average Bonchev–Trinajstić information content (AvgIpc) is 2.42. The van der Waals surface area contributed by atoms with Crippen LogP contribution in [0.5, 0.6) is 0 Å². The van der Waals surface area contributed by atoms with Crippen molar-refractivity contribution in [1.82, 2.24) is 9.29 Å². The first-order valence-electron chi connectivity index (χ1n) is 6.13. The molecule has 5 nitrogen and oxygen atoms in total. The molecule has 0 unspecified atom stereocenters. The molecule has 1 aromatic heterocycles. The van der Waals surface area contributed by atoms with E-state index in [2.05, 4.69) is 4.98 Å². The van der Waals surface area contributed by atoms with Crippen LogP contribution in [0.2, 0.25) is 0 Å². The van der Waals surface area contributed by atoms with Crippen molar-refractivity contribution >= 4 is 15.7 Å². The summed E-state index contributed by atoms with van der Waals surface area (Å²) in [5.74, 6) is 0. The van der Waals surface area contributed by atoms with Crippen molar-refractivity contribution in [1.29, 1.82) is 0 Å². The summed E-state index contributed by atoms with van der Waals surface area (Å²) in [6.07, 6.45) is 1.64. The average molecular weight is 291 g/mol. The number of benzene rings is 1. The number of hydrogen-bond donors (Lipinski definition) is 1. The van der Waals surface area contributed by atoms with E-state index in [0.29, 0.717) is 16.9 Å². The Bertz CT molecular complexity index is 700. The van der Waals surface area contributed by atoms with E-state index < -0.39 is 10.0 Å². The van der Waals surface area contributed by atoms with Gasteiger partial charge < -0.3 is 5.73 Å². The summed E-state index contributed by atoms with van der Waals surface area (Å²) >= 11 is 0. The number of anilines is 1. The van der Waals surface area contributed by atoms with Crippen molar-refractivity contribution in [2.24, 2.45) is 0 Å². The number of aromatic nitrogens is 1. The Labute approximate surface area is 119 Å². The van der Waals surface area contributed by atoms with Gasteiger partial charge >= 0.3 is 0 Å². The molecule has 0 atom stereocenters. The summed E-state index contributed by atoms with van der Waals surface area (Å²) in [4.78, 5) is 4.37. The van der Waals surface area contributed by atoms with Crippen molar-refractivity contribution < 1.29 is 8.42 Å². The number of nitrogens with two attached hydrogens (primary N) is 1. The monoisotopic (exact) mass is 291 g/mol. The van der Waals surface area contributed by atoms with Crippen LogP contribution in [0, 0.1) is 6.92 Å². The maximum Gasteiger partial charge on any atom is 0.243 e. The van der Waals surface area contributed by atoms with Gasteiger partial charge in [0, 0.05) is 18.9 Å². The molecule has 0 fully saturated rings. The first kappa shape index (κ1) is 14.5. The maximum atomic E-state index is 12.6. The van der Waals surface area contributed by atoms with Gasteiger partial charge in [-0.3, -0.25) is 4.98 Å². The standard InChI is InChI=1S/C14H17N3O2S/c1-11-6-7-12(15)9-14(11)20(18,19)17(2)10-13-5-3-4-8-16-13/h3-9H,10,15H2,1-2H3. The van der Waals surface area contributed by atoms with Gasteiger partial charge in [-0.1, -0.05) is 12.1 Å². The lowest BCUT2D eigenvalue weighted by atomic mass is 10.2. The minimum absolute atomic E-state index is 0.220. The van der Waals surface area contributed by atoms with E-state index in [1.54, 1.807) is 37.4 Å². The van der Waals surface area contributed by atoms with Gasteiger partial charge in [0.2, 0.25) is 10.0 Å². The third-order valence-corrected chi connectivity index (χ3v) is 4.96. The number of hydrogen-bond acceptors (Lipinski definition) is 4. The fourth-order valence-corrected chi connectivity index (χ4v) is 3.27. The second-order valence-corrected chi connectivity index (χ2v) is 6.62. The van der Waals surface area contributed by atoms with Crippen LogP contribution in [0.3, 0.4) is 0 Å². The number of pyridine rings is 1. The lowest BCUT2D eigenvalue weighted by molar-refractivity contribution is 0.462. The first-order valence-corrected chi connectivity index (χ1v) is 7.57. The van der Waals surface area contributed by atoms with Gasteiger partial charge in [0.15, 0.2) is 0 Å². The highest BCUT2D eigenvalue weighted by atomic mass is 32.2. The quantitative estimate of drug-likeness (QED) is 0.871. The van der Waals surface area contributed by atoms with E-state index in [1.807, 2.05) is 6.07 Å². The molecule has 0 aliphatic heterocycles. The summed E-state index contributed by atoms with van der Waals surface area (Å²) in [5.41, 5.74) is 7.48. The Hall–Kier alpha value is -1.92. The van der Waals surface area contributed by atoms with E-state index in [4.69, 9.17) is 5.73 Å². The molecule has 0 aliphatic rings. The Balaban J connectivity index is 2.32. The number of sulfonamides is 1. The normalized spacial score (nSPS) is 11.8. The smallest absolute Gasteiger partial charge is 0.243 e. The van der Waals surface area contributed by atoms with Crippen molar-refractivity contribution in [2.45, 2.75) is 18.4 Å². The van der Waals surface area contributed by atoms with Gasteiger partial charge in [0.25, 0.3) is 0 Å². The van der Waals surface area contributed by atoms with Gasteiger partial charge in [-0.05, 0) is 36.8 Å². The predicted molar refractivity (Wildman–Crippen MR) is 78.5 cm³/mol. The Morgan fingerprint density at radius 2 is 2.00 bits per heavy atom. The summed E-state index contributed by atoms with van der Waals surface area (Å²) in [5, 5.41) is 0. The molecule has 0 radical (unpaired) electrons. The highest BCUT2D eigenvalue weighted by molar-refractivity contribution is 7.89. The number of nitrogens with zero attached hydrogens (tertiary/aromatic N) is 2. The predicted octanol–water partition coefficient (Wildman–Crippen LogP) is 1.79. The zero-order valence-electron chi connectivity index (χ0n) is 11.4. The SMILES string of the molecule is Cc1ccc(N)cc1S(=O)(=O)N(C)Cc1ccccn1. The van der Waals surface area contributed by atoms with Crippen LogP contribution < -0.4 is 5.73 Å². The van der Waals surface area contributed by atoms with Crippen LogP contribution in [0.1, 0.15) is 11.3 Å². The number of nitrogen functional groups attached to an aromatic ring is 1. The molecule has 0 spiro atoms. The molecule has 0 aliphatic carbocycles. The molecular formula is C14H17N3O2S. The Morgan fingerprint density at radius 3 is 2.65 bits per heavy atom. The van der Waals surface area contributed by atoms with Gasteiger partial charge in [0.1, 0.15) is 0 Å².